The number of nitrogen functional groups attached to an aromatic ring is 2. The molecule has 0 aliphatic heterocycles. The molecular formula is C45H41N11OS2. The van der Waals surface area contributed by atoms with E-state index >= 15 is 0 Å². The van der Waals surface area contributed by atoms with Crippen LogP contribution in [-0.2, 0) is 0 Å². The van der Waals surface area contributed by atoms with Crippen molar-refractivity contribution in [3.63, 3.8) is 0 Å². The maximum atomic E-state index is 14.1. The van der Waals surface area contributed by atoms with Gasteiger partial charge in [0.05, 0.1) is 22.1 Å². The fourth-order valence-electron chi connectivity index (χ4n) is 6.19. The fourth-order valence-corrected chi connectivity index (χ4v) is 7.96. The van der Waals surface area contributed by atoms with Gasteiger partial charge in [-0.25, -0.2) is 29.9 Å². The zero-order valence-electron chi connectivity index (χ0n) is 32.8. The molecule has 4 aromatic carbocycles. The smallest absolute Gasteiger partial charge is 0.255 e. The first-order valence-electron chi connectivity index (χ1n) is 19.0. The highest BCUT2D eigenvalue weighted by molar-refractivity contribution is 7.99. The number of nitrogens with one attached hydrogen (secondary N) is 3. The quantitative estimate of drug-likeness (QED) is 0.0735. The maximum Gasteiger partial charge on any atom is 0.255 e. The Bertz CT molecular complexity index is 2820. The van der Waals surface area contributed by atoms with E-state index in [4.69, 9.17) is 21.4 Å². The molecule has 4 aromatic heterocycles. The molecule has 0 fully saturated rings. The molecule has 0 spiro atoms. The Morgan fingerprint density at radius 3 is 1.53 bits per heavy atom. The first-order valence-corrected chi connectivity index (χ1v) is 20.6. The van der Waals surface area contributed by atoms with Crippen LogP contribution < -0.4 is 27.4 Å². The van der Waals surface area contributed by atoms with Crippen molar-refractivity contribution in [1.82, 2.24) is 29.9 Å². The summed E-state index contributed by atoms with van der Waals surface area (Å²) in [5.41, 5.74) is 18.8. The van der Waals surface area contributed by atoms with E-state index < -0.39 is 0 Å². The summed E-state index contributed by atoms with van der Waals surface area (Å²) < 4.78 is 0. The number of nitrogens with two attached hydrogens (primary N) is 2. The second-order valence-electron chi connectivity index (χ2n) is 14.4. The molecule has 0 atom stereocenters. The van der Waals surface area contributed by atoms with Gasteiger partial charge in [-0.3, -0.25) is 4.79 Å². The summed E-state index contributed by atoms with van der Waals surface area (Å²) in [6, 6.07) is 34.6. The molecular weight excluding hydrogens is 775 g/mol. The average molecular weight is 816 g/mol. The van der Waals surface area contributed by atoms with Crippen LogP contribution in [0.2, 0.25) is 0 Å². The first-order chi connectivity index (χ1) is 28.6. The lowest BCUT2D eigenvalue weighted by atomic mass is 10.1. The van der Waals surface area contributed by atoms with Gasteiger partial charge in [0.2, 0.25) is 0 Å². The summed E-state index contributed by atoms with van der Waals surface area (Å²) in [4.78, 5) is 45.5. The molecule has 0 aliphatic rings. The van der Waals surface area contributed by atoms with Gasteiger partial charge < -0.3 is 27.4 Å². The van der Waals surface area contributed by atoms with Gasteiger partial charge in [-0.05, 0) is 121 Å². The topological polar surface area (TPSA) is 183 Å². The number of amides is 1. The van der Waals surface area contributed by atoms with Crippen LogP contribution in [0.3, 0.4) is 0 Å². The number of carbonyl (C=O) groups excluding carboxylic acids is 1. The molecule has 14 heteroatoms. The van der Waals surface area contributed by atoms with E-state index in [0.29, 0.717) is 51.2 Å². The van der Waals surface area contributed by atoms with Crippen LogP contribution in [-0.4, -0.2) is 35.8 Å². The summed E-state index contributed by atoms with van der Waals surface area (Å²) in [7, 11) is 0. The highest BCUT2D eigenvalue weighted by Gasteiger charge is 2.17. The predicted molar refractivity (Wildman–Crippen MR) is 240 cm³/mol. The summed E-state index contributed by atoms with van der Waals surface area (Å²) in [5.74, 6) is 1.38. The number of anilines is 7. The number of hydrogen-bond acceptors (Lipinski definition) is 13. The van der Waals surface area contributed by atoms with E-state index in [2.05, 4.69) is 63.6 Å². The van der Waals surface area contributed by atoms with Gasteiger partial charge in [-0.15, -0.1) is 0 Å². The first kappa shape index (κ1) is 39.1. The molecule has 59 heavy (non-hydrogen) atoms. The Morgan fingerprint density at radius 1 is 0.559 bits per heavy atom. The molecule has 0 radical (unpaired) electrons. The van der Waals surface area contributed by atoms with Crippen molar-refractivity contribution in [1.29, 1.82) is 0 Å². The van der Waals surface area contributed by atoms with Crippen LogP contribution in [0.15, 0.2) is 141 Å². The number of hydrogen-bond donors (Lipinski definition) is 5. The number of pyridine rings is 2. The third-order valence-electron chi connectivity index (χ3n) is 9.42. The van der Waals surface area contributed by atoms with E-state index in [9.17, 15) is 4.79 Å². The molecule has 12 nitrogen and oxygen atoms in total. The van der Waals surface area contributed by atoms with Crippen LogP contribution in [0.4, 0.5) is 40.1 Å². The van der Waals surface area contributed by atoms with Crippen molar-refractivity contribution in [3.8, 4) is 0 Å². The molecule has 0 aliphatic carbocycles. The minimum Gasteiger partial charge on any atom is -0.399 e. The largest absolute Gasteiger partial charge is 0.399 e. The number of benzene rings is 4. The fraction of sp³-hybridized carbons (Fsp3) is 0.133. The van der Waals surface area contributed by atoms with Crippen molar-refractivity contribution in [2.45, 2.75) is 59.1 Å². The second-order valence-corrected chi connectivity index (χ2v) is 16.7. The summed E-state index contributed by atoms with van der Waals surface area (Å²) in [6.07, 6.45) is 3.00. The molecule has 294 valence electrons. The SMILES string of the molecule is CC(C)c1ccc2c(Nc3cc(NC(=O)c4ccc(Sc5ccc(N)cc5)c(Nc5ncnc6nc(C(C)C)ccc56)c4)ccc3Sc3ccc(N)cc3)ncnc2n1. The van der Waals surface area contributed by atoms with Crippen LogP contribution >= 0.6 is 23.5 Å². The van der Waals surface area contributed by atoms with Crippen LogP contribution in [0.5, 0.6) is 0 Å². The Kier molecular flexibility index (Phi) is 11.2. The molecule has 8 rings (SSSR count). The standard InChI is InChI=1S/C45H41N11OS2/c1-25(2)35-17-15-33-41(53-35)48-23-50-43(33)55-37-21-27(5-19-39(37)58-31-11-6-28(46)7-12-31)45(57)52-30-10-20-40(59-32-13-8-29(47)9-14-32)38(22-30)56-44-34-16-18-36(26(3)4)54-42(34)49-24-51-44/h5-26H,46-47H2,1-4H3,(H,52,57)(H,48,50,53,55)(H,49,51,54,56). The summed E-state index contributed by atoms with van der Waals surface area (Å²) in [5, 5.41) is 11.7. The molecule has 0 unspecified atom stereocenters. The van der Waals surface area contributed by atoms with Crippen molar-refractivity contribution in [3.05, 3.63) is 139 Å². The summed E-state index contributed by atoms with van der Waals surface area (Å²) in [6.45, 7) is 8.39. The van der Waals surface area contributed by atoms with E-state index in [1.54, 1.807) is 23.5 Å². The van der Waals surface area contributed by atoms with Gasteiger partial charge in [0.15, 0.2) is 11.3 Å². The third-order valence-corrected chi connectivity index (χ3v) is 11.6. The monoisotopic (exact) mass is 815 g/mol. The number of rotatable bonds is 12. The minimum absolute atomic E-state index is 0.247. The second kappa shape index (κ2) is 17.0. The third kappa shape index (κ3) is 9.03. The Morgan fingerprint density at radius 2 is 1.03 bits per heavy atom. The van der Waals surface area contributed by atoms with E-state index in [1.165, 1.54) is 12.7 Å². The van der Waals surface area contributed by atoms with Crippen LogP contribution in [0.1, 0.15) is 61.3 Å². The Labute approximate surface area is 350 Å². The predicted octanol–water partition coefficient (Wildman–Crippen LogP) is 10.8. The Hall–Kier alpha value is -6.77. The number of aromatic nitrogens is 6. The lowest BCUT2D eigenvalue weighted by Crippen LogP contribution is -2.13. The highest BCUT2D eigenvalue weighted by atomic mass is 32.2. The van der Waals surface area contributed by atoms with Crippen LogP contribution in [0.25, 0.3) is 22.1 Å². The summed E-state index contributed by atoms with van der Waals surface area (Å²) >= 11 is 3.11. The van der Waals surface area contributed by atoms with Gasteiger partial charge >= 0.3 is 0 Å². The van der Waals surface area contributed by atoms with Gasteiger partial charge in [0.25, 0.3) is 5.91 Å². The van der Waals surface area contributed by atoms with E-state index in [0.717, 1.165) is 47.4 Å². The molecule has 0 bridgehead atoms. The molecule has 8 aromatic rings. The van der Waals surface area contributed by atoms with Gasteiger partial charge in [0, 0.05) is 53.6 Å². The highest BCUT2D eigenvalue weighted by Crippen LogP contribution is 2.39. The zero-order valence-corrected chi connectivity index (χ0v) is 34.4. The van der Waals surface area contributed by atoms with Gasteiger partial charge in [0.1, 0.15) is 24.3 Å². The van der Waals surface area contributed by atoms with Crippen molar-refractivity contribution < 1.29 is 4.79 Å². The van der Waals surface area contributed by atoms with Gasteiger partial charge in [-0.1, -0.05) is 51.2 Å². The molecule has 7 N–H and O–H groups in total. The average Bonchev–Trinajstić information content (AvgIpc) is 3.23. The molecule has 0 saturated carbocycles. The molecule has 4 heterocycles. The number of fused-ring (bicyclic) bond motifs is 2. The number of nitrogens with zero attached hydrogens (tertiary/aromatic N) is 6. The lowest BCUT2D eigenvalue weighted by Gasteiger charge is -2.16. The van der Waals surface area contributed by atoms with Crippen molar-refractivity contribution in [2.75, 3.05) is 27.4 Å². The van der Waals surface area contributed by atoms with Crippen molar-refractivity contribution in [2.24, 2.45) is 0 Å². The van der Waals surface area contributed by atoms with Gasteiger partial charge in [-0.2, -0.15) is 0 Å². The zero-order chi connectivity index (χ0) is 41.0. The Balaban J connectivity index is 1.12. The minimum atomic E-state index is -0.296. The van der Waals surface area contributed by atoms with Crippen LogP contribution in [0, 0.1) is 0 Å². The van der Waals surface area contributed by atoms with E-state index in [1.807, 2.05) is 109 Å². The molecule has 1 amide bonds. The molecule has 0 saturated heterocycles. The normalized spacial score (nSPS) is 11.4. The number of carbonyl (C=O) groups is 1. The maximum absolute atomic E-state index is 14.1. The lowest BCUT2D eigenvalue weighted by molar-refractivity contribution is 0.102. The van der Waals surface area contributed by atoms with E-state index in [-0.39, 0.29) is 17.7 Å². The van der Waals surface area contributed by atoms with Crippen molar-refractivity contribution >= 4 is 91.6 Å².